The summed E-state index contributed by atoms with van der Waals surface area (Å²) in [4.78, 5) is 20.3. The fourth-order valence-electron chi connectivity index (χ4n) is 4.30. The first-order valence-electron chi connectivity index (χ1n) is 11.3. The van der Waals surface area contributed by atoms with Crippen LogP contribution >= 0.6 is 0 Å². The maximum atomic E-state index is 14.9. The summed E-state index contributed by atoms with van der Waals surface area (Å²) in [7, 11) is 1.57. The van der Waals surface area contributed by atoms with Crippen LogP contribution in [0.4, 0.5) is 14.7 Å². The van der Waals surface area contributed by atoms with Gasteiger partial charge in [0.2, 0.25) is 11.8 Å². The number of hydrogen-bond acceptors (Lipinski definition) is 7. The zero-order chi connectivity index (χ0) is 24.7. The number of aryl methyl sites for hydroxylation is 2. The molecule has 0 bridgehead atoms. The van der Waals surface area contributed by atoms with E-state index < -0.39 is 11.6 Å². The topological polar surface area (TPSA) is 73.3 Å². The lowest BCUT2D eigenvalue weighted by molar-refractivity contribution is -0.0179. The molecule has 0 N–H and O–H groups in total. The Bertz CT molecular complexity index is 1410. The summed E-state index contributed by atoms with van der Waals surface area (Å²) < 4.78 is 40.0. The number of fused-ring (bicyclic) bond motifs is 1. The van der Waals surface area contributed by atoms with E-state index in [1.807, 2.05) is 43.9 Å². The Morgan fingerprint density at radius 2 is 1.86 bits per heavy atom. The predicted octanol–water partition coefficient (Wildman–Crippen LogP) is 4.96. The first kappa shape index (κ1) is 23.0. The molecule has 4 heterocycles. The Labute approximate surface area is 201 Å². The second kappa shape index (κ2) is 9.14. The Morgan fingerprint density at radius 1 is 1.03 bits per heavy atom. The van der Waals surface area contributed by atoms with Crippen molar-refractivity contribution in [3.63, 3.8) is 0 Å². The minimum Gasteiger partial charge on any atom is -0.481 e. The van der Waals surface area contributed by atoms with Gasteiger partial charge in [-0.2, -0.15) is 4.98 Å². The normalized spacial score (nSPS) is 18.2. The molecular formula is C26H25F2N5O2. The smallest absolute Gasteiger partial charge is 0.228 e. The van der Waals surface area contributed by atoms with Crippen LogP contribution in [-0.2, 0) is 4.74 Å². The molecule has 1 aromatic carbocycles. The van der Waals surface area contributed by atoms with Crippen molar-refractivity contribution in [2.45, 2.75) is 33.0 Å². The van der Waals surface area contributed by atoms with E-state index in [4.69, 9.17) is 19.4 Å². The molecule has 0 radical (unpaired) electrons. The molecule has 0 unspecified atom stereocenters. The third kappa shape index (κ3) is 4.51. The van der Waals surface area contributed by atoms with Gasteiger partial charge in [0.05, 0.1) is 25.5 Å². The monoisotopic (exact) mass is 477 g/mol. The molecule has 0 amide bonds. The molecule has 5 rings (SSSR count). The quantitative estimate of drug-likeness (QED) is 0.411. The molecule has 2 atom stereocenters. The summed E-state index contributed by atoms with van der Waals surface area (Å²) in [6, 6.07) is 9.12. The van der Waals surface area contributed by atoms with Crippen LogP contribution in [0.3, 0.4) is 0 Å². The minimum atomic E-state index is -0.689. The van der Waals surface area contributed by atoms with Crippen molar-refractivity contribution in [2.75, 3.05) is 25.1 Å². The number of rotatable bonds is 4. The van der Waals surface area contributed by atoms with Crippen LogP contribution in [-0.4, -0.2) is 46.2 Å². The van der Waals surface area contributed by atoms with Crippen molar-refractivity contribution in [3.8, 4) is 17.1 Å². The Morgan fingerprint density at radius 3 is 2.63 bits per heavy atom. The van der Waals surface area contributed by atoms with Gasteiger partial charge in [0.25, 0.3) is 0 Å². The highest BCUT2D eigenvalue weighted by atomic mass is 19.1. The maximum absolute atomic E-state index is 14.9. The van der Waals surface area contributed by atoms with Gasteiger partial charge in [-0.15, -0.1) is 0 Å². The van der Waals surface area contributed by atoms with E-state index in [1.54, 1.807) is 13.3 Å². The molecule has 1 saturated heterocycles. The lowest BCUT2D eigenvalue weighted by Gasteiger charge is -2.37. The van der Waals surface area contributed by atoms with E-state index in [0.29, 0.717) is 41.6 Å². The molecule has 0 spiro atoms. The summed E-state index contributed by atoms with van der Waals surface area (Å²) in [5.41, 5.74) is 3.71. The number of anilines is 1. The lowest BCUT2D eigenvalue weighted by Crippen LogP contribution is -2.43. The molecule has 35 heavy (non-hydrogen) atoms. The number of nitrogens with zero attached hydrogens (tertiary/aromatic N) is 5. The molecule has 0 aliphatic carbocycles. The summed E-state index contributed by atoms with van der Waals surface area (Å²) in [5, 5.41) is 0.610. The maximum Gasteiger partial charge on any atom is 0.228 e. The first-order chi connectivity index (χ1) is 16.8. The van der Waals surface area contributed by atoms with Gasteiger partial charge < -0.3 is 14.4 Å². The van der Waals surface area contributed by atoms with Gasteiger partial charge >= 0.3 is 0 Å². The zero-order valence-electron chi connectivity index (χ0n) is 19.9. The average molecular weight is 478 g/mol. The van der Waals surface area contributed by atoms with Crippen LogP contribution in [0.25, 0.3) is 22.3 Å². The van der Waals surface area contributed by atoms with Crippen LogP contribution in [0.1, 0.15) is 29.8 Å². The fourth-order valence-corrected chi connectivity index (χ4v) is 4.30. The summed E-state index contributed by atoms with van der Waals surface area (Å²) in [5.74, 6) is -0.422. The van der Waals surface area contributed by atoms with Crippen LogP contribution < -0.4 is 9.64 Å². The predicted molar refractivity (Wildman–Crippen MR) is 128 cm³/mol. The van der Waals surface area contributed by atoms with Crippen molar-refractivity contribution in [3.05, 3.63) is 71.1 Å². The van der Waals surface area contributed by atoms with Crippen molar-refractivity contribution < 1.29 is 18.3 Å². The van der Waals surface area contributed by atoms with Gasteiger partial charge in [0.1, 0.15) is 17.7 Å². The second-order valence-corrected chi connectivity index (χ2v) is 8.73. The molecule has 9 heteroatoms. The molecular weight excluding hydrogens is 452 g/mol. The largest absolute Gasteiger partial charge is 0.481 e. The number of methoxy groups -OCH3 is 1. The molecule has 1 aliphatic rings. The van der Waals surface area contributed by atoms with E-state index in [0.717, 1.165) is 22.9 Å². The van der Waals surface area contributed by atoms with Gasteiger partial charge in [0, 0.05) is 41.5 Å². The average Bonchev–Trinajstić information content (AvgIpc) is 2.84. The van der Waals surface area contributed by atoms with Crippen LogP contribution in [0.15, 0.2) is 42.6 Å². The van der Waals surface area contributed by atoms with E-state index in [2.05, 4.69) is 9.97 Å². The minimum absolute atomic E-state index is 0.120. The van der Waals surface area contributed by atoms with E-state index in [9.17, 15) is 8.78 Å². The van der Waals surface area contributed by atoms with Gasteiger partial charge in [-0.1, -0.05) is 0 Å². The summed E-state index contributed by atoms with van der Waals surface area (Å²) in [6.07, 6.45) is 1.29. The molecule has 0 saturated carbocycles. The van der Waals surface area contributed by atoms with Crippen molar-refractivity contribution in [1.82, 2.24) is 19.9 Å². The summed E-state index contributed by atoms with van der Waals surface area (Å²) >= 11 is 0. The van der Waals surface area contributed by atoms with Gasteiger partial charge in [-0.3, -0.25) is 0 Å². The third-order valence-corrected chi connectivity index (χ3v) is 6.19. The third-order valence-electron chi connectivity index (χ3n) is 6.19. The van der Waals surface area contributed by atoms with Crippen LogP contribution in [0.2, 0.25) is 0 Å². The number of ether oxygens (including phenoxy) is 2. The Kier molecular flexibility index (Phi) is 6.02. The van der Waals surface area contributed by atoms with E-state index >= 15 is 0 Å². The number of aromatic nitrogens is 4. The summed E-state index contributed by atoms with van der Waals surface area (Å²) in [6.45, 7) is 6.82. The zero-order valence-corrected chi connectivity index (χ0v) is 19.9. The number of halogens is 2. The lowest BCUT2D eigenvalue weighted by atomic mass is 10.1. The van der Waals surface area contributed by atoms with Crippen molar-refractivity contribution in [2.24, 2.45) is 0 Å². The molecule has 180 valence electrons. The van der Waals surface area contributed by atoms with Crippen LogP contribution in [0.5, 0.6) is 5.88 Å². The Balaban J connectivity index is 1.62. The molecule has 3 aromatic heterocycles. The molecule has 4 aromatic rings. The first-order valence-corrected chi connectivity index (χ1v) is 11.3. The van der Waals surface area contributed by atoms with Crippen LogP contribution in [0, 0.1) is 25.5 Å². The van der Waals surface area contributed by atoms with E-state index in [1.165, 1.54) is 12.1 Å². The number of pyridine rings is 2. The number of morpholine rings is 1. The molecule has 1 aliphatic heterocycles. The van der Waals surface area contributed by atoms with Gasteiger partial charge in [-0.25, -0.2) is 23.7 Å². The highest BCUT2D eigenvalue weighted by Gasteiger charge is 2.29. The standard InChI is InChI=1S/C26H25F2N5O2/c1-14-9-20-24(19-6-5-18(27)11-21(19)28)31-26(32-25(20)30-16(14)3)33-12-15(2)35-22(13-33)17-7-8-29-23(10-17)34-4/h5-11,15,22H,12-13H2,1-4H3/t15-,22-/m0/s1. The van der Waals surface area contributed by atoms with Gasteiger partial charge in [0.15, 0.2) is 5.65 Å². The molecule has 1 fully saturated rings. The highest BCUT2D eigenvalue weighted by Crippen LogP contribution is 2.33. The fraction of sp³-hybridized carbons (Fsp3) is 0.308. The molecule has 7 nitrogen and oxygen atoms in total. The number of benzene rings is 1. The highest BCUT2D eigenvalue weighted by molar-refractivity contribution is 5.92. The van der Waals surface area contributed by atoms with Crippen molar-refractivity contribution >= 4 is 17.0 Å². The number of hydrogen-bond donors (Lipinski definition) is 0. The second-order valence-electron chi connectivity index (χ2n) is 8.73. The SMILES string of the molecule is COc1cc([C@@H]2CN(c3nc(-c4ccc(F)cc4F)c4cc(C)c(C)nc4n3)C[C@H](C)O2)ccn1. The van der Waals surface area contributed by atoms with Gasteiger partial charge in [-0.05, 0) is 56.2 Å². The van der Waals surface area contributed by atoms with Crippen molar-refractivity contribution in [1.29, 1.82) is 0 Å². The Hall–Kier alpha value is -3.72. The van der Waals surface area contributed by atoms with E-state index in [-0.39, 0.29) is 17.8 Å².